The van der Waals surface area contributed by atoms with Gasteiger partial charge in [-0.1, -0.05) is 22.4 Å². The fourth-order valence-electron chi connectivity index (χ4n) is 6.57. The van der Waals surface area contributed by atoms with Gasteiger partial charge in [-0.25, -0.2) is 9.78 Å². The second-order valence-electron chi connectivity index (χ2n) is 12.0. The molecule has 1 unspecified atom stereocenters. The smallest absolute Gasteiger partial charge is 0.431 e. The highest BCUT2D eigenvalue weighted by Gasteiger charge is 2.27. The summed E-state index contributed by atoms with van der Waals surface area (Å²) < 4.78 is 19.3. The van der Waals surface area contributed by atoms with Crippen molar-refractivity contribution in [2.45, 2.75) is 98.4 Å². The monoisotopic (exact) mass is 639 g/mol. The zero-order valence-corrected chi connectivity index (χ0v) is 27.0. The summed E-state index contributed by atoms with van der Waals surface area (Å²) in [5, 5.41) is 1.17. The summed E-state index contributed by atoms with van der Waals surface area (Å²) in [6, 6.07) is 6.47. The number of benzene rings is 1. The third kappa shape index (κ3) is 6.93. The van der Waals surface area contributed by atoms with Crippen molar-refractivity contribution in [2.24, 2.45) is 5.92 Å². The van der Waals surface area contributed by atoms with E-state index in [0.717, 1.165) is 73.1 Å². The molecule has 1 saturated carbocycles. The number of anilines is 1. The van der Waals surface area contributed by atoms with Crippen molar-refractivity contribution < 1.29 is 23.8 Å². The molecule has 2 aromatic heterocycles. The number of aromatic nitrogens is 2. The number of carbonyl (C=O) groups is 2. The Hall–Kier alpha value is -3.07. The fourth-order valence-corrected chi connectivity index (χ4v) is 7.25. The van der Waals surface area contributed by atoms with Crippen LogP contribution < -0.4 is 4.90 Å². The van der Waals surface area contributed by atoms with Crippen LogP contribution in [-0.4, -0.2) is 47.2 Å². The number of hydrogen-bond donors (Lipinski definition) is 0. The lowest BCUT2D eigenvalue weighted by Gasteiger charge is -2.34. The highest BCUT2D eigenvalue weighted by molar-refractivity contribution is 9.10. The summed E-state index contributed by atoms with van der Waals surface area (Å²) in [5.74, 6) is -0.131. The lowest BCUT2D eigenvalue weighted by atomic mass is 9.93. The molecule has 8 nitrogen and oxygen atoms in total. The Morgan fingerprint density at radius 2 is 1.62 bits per heavy atom. The quantitative estimate of drug-likeness (QED) is 0.191. The molecule has 1 saturated heterocycles. The normalized spacial score (nSPS) is 17.3. The van der Waals surface area contributed by atoms with Gasteiger partial charge in [-0.05, 0) is 107 Å². The minimum atomic E-state index is -0.966. The lowest BCUT2D eigenvalue weighted by Crippen LogP contribution is -2.35. The Kier molecular flexibility index (Phi) is 9.45. The van der Waals surface area contributed by atoms with Crippen LogP contribution in [0.5, 0.6) is 0 Å². The van der Waals surface area contributed by atoms with Crippen molar-refractivity contribution in [3.05, 3.63) is 51.3 Å². The maximum atomic E-state index is 12.6. The summed E-state index contributed by atoms with van der Waals surface area (Å²) >= 11 is 3.62. The summed E-state index contributed by atoms with van der Waals surface area (Å²) in [6.45, 7) is 11.7. The molecular formula is C33H42BrN3O5. The molecule has 0 bridgehead atoms. The summed E-state index contributed by atoms with van der Waals surface area (Å²) in [6.07, 6.45) is 7.46. The molecule has 42 heavy (non-hydrogen) atoms. The van der Waals surface area contributed by atoms with Crippen molar-refractivity contribution in [1.29, 1.82) is 0 Å². The number of halogens is 1. The third-order valence-corrected chi connectivity index (χ3v) is 8.99. The molecule has 2 aliphatic rings. The van der Waals surface area contributed by atoms with E-state index in [1.807, 2.05) is 6.92 Å². The predicted octanol–water partition coefficient (Wildman–Crippen LogP) is 8.00. The number of fused-ring (bicyclic) bond motifs is 1. The standard InChI is InChI=1S/C33H42BrN3O5/c1-20-15-26(34)16-21(2)31(20)37-19-22(3)30-28(17-23(4)35-32(30)37)36-13-11-25(12-14-36)18-29(38)40-24(5)41-33(39)42-27-9-7-6-8-10-27/h15-17,19,24-25,27H,6-14,18H2,1-5H3. The number of ether oxygens (including phenoxy) is 3. The van der Waals surface area contributed by atoms with E-state index in [9.17, 15) is 9.59 Å². The van der Waals surface area contributed by atoms with Gasteiger partial charge in [0.05, 0.1) is 5.69 Å². The number of pyridine rings is 1. The van der Waals surface area contributed by atoms with E-state index in [2.05, 4.69) is 70.6 Å². The average Bonchev–Trinajstić information content (AvgIpc) is 3.23. The maximum Gasteiger partial charge on any atom is 0.511 e. The summed E-state index contributed by atoms with van der Waals surface area (Å²) in [7, 11) is 0. The third-order valence-electron chi connectivity index (χ3n) is 8.53. The largest absolute Gasteiger partial charge is 0.511 e. The van der Waals surface area contributed by atoms with Crippen LogP contribution >= 0.6 is 15.9 Å². The van der Waals surface area contributed by atoms with Crippen LogP contribution in [0.3, 0.4) is 0 Å². The number of hydrogen-bond acceptors (Lipinski definition) is 7. The molecule has 0 N–H and O–H groups in total. The van der Waals surface area contributed by atoms with Gasteiger partial charge in [0.1, 0.15) is 11.8 Å². The van der Waals surface area contributed by atoms with Crippen LogP contribution in [0.1, 0.15) is 80.7 Å². The predicted molar refractivity (Wildman–Crippen MR) is 167 cm³/mol. The molecule has 1 aliphatic heterocycles. The van der Waals surface area contributed by atoms with Gasteiger partial charge in [0.2, 0.25) is 6.29 Å². The van der Waals surface area contributed by atoms with Crippen LogP contribution in [0.4, 0.5) is 10.5 Å². The SMILES string of the molecule is Cc1cc(N2CCC(CC(=O)OC(C)OC(=O)OC3CCCCC3)CC2)c2c(C)cn(-c3c(C)cc(Br)cc3C)c2n1. The Labute approximate surface area is 256 Å². The highest BCUT2D eigenvalue weighted by atomic mass is 79.9. The first-order chi connectivity index (χ1) is 20.1. The van der Waals surface area contributed by atoms with Gasteiger partial charge < -0.3 is 23.7 Å². The van der Waals surface area contributed by atoms with Gasteiger partial charge in [0, 0.05) is 53.9 Å². The van der Waals surface area contributed by atoms with Crippen LogP contribution in [0.25, 0.3) is 16.7 Å². The van der Waals surface area contributed by atoms with Crippen LogP contribution in [0.2, 0.25) is 0 Å². The Morgan fingerprint density at radius 3 is 2.29 bits per heavy atom. The van der Waals surface area contributed by atoms with Crippen molar-refractivity contribution in [3.8, 4) is 5.69 Å². The average molecular weight is 641 g/mol. The molecule has 1 aromatic carbocycles. The van der Waals surface area contributed by atoms with Gasteiger partial charge in [-0.3, -0.25) is 4.79 Å². The first kappa shape index (κ1) is 30.4. The number of carbonyl (C=O) groups excluding carboxylic acids is 2. The van der Waals surface area contributed by atoms with Crippen LogP contribution in [0, 0.1) is 33.6 Å². The Bertz CT molecular complexity index is 1430. The first-order valence-electron chi connectivity index (χ1n) is 15.2. The molecular weight excluding hydrogens is 598 g/mol. The molecule has 1 atom stereocenters. The zero-order valence-electron chi connectivity index (χ0n) is 25.4. The minimum Gasteiger partial charge on any atom is -0.431 e. The molecule has 1 aliphatic carbocycles. The van der Waals surface area contributed by atoms with E-state index >= 15 is 0 Å². The fraction of sp³-hybridized carbons (Fsp3) is 0.545. The van der Waals surface area contributed by atoms with E-state index < -0.39 is 12.4 Å². The number of esters is 1. The van der Waals surface area contributed by atoms with Gasteiger partial charge in [-0.2, -0.15) is 0 Å². The number of aryl methyl sites for hydroxylation is 4. The number of piperidine rings is 1. The highest BCUT2D eigenvalue weighted by Crippen LogP contribution is 2.37. The minimum absolute atomic E-state index is 0.0962. The first-order valence-corrected chi connectivity index (χ1v) is 16.0. The summed E-state index contributed by atoms with van der Waals surface area (Å²) in [4.78, 5) is 32.1. The van der Waals surface area contributed by atoms with Crippen LogP contribution in [0.15, 0.2) is 28.9 Å². The van der Waals surface area contributed by atoms with Crippen molar-refractivity contribution in [2.75, 3.05) is 18.0 Å². The molecule has 226 valence electrons. The van der Waals surface area contributed by atoms with E-state index in [-0.39, 0.29) is 18.0 Å². The second-order valence-corrected chi connectivity index (χ2v) is 12.9. The summed E-state index contributed by atoms with van der Waals surface area (Å²) in [5.41, 5.74) is 7.88. The molecule has 9 heteroatoms. The van der Waals surface area contributed by atoms with Gasteiger partial charge in [-0.15, -0.1) is 0 Å². The molecule has 3 heterocycles. The van der Waals surface area contributed by atoms with E-state index in [1.165, 1.54) is 34.2 Å². The molecule has 2 fully saturated rings. The van der Waals surface area contributed by atoms with E-state index in [1.54, 1.807) is 6.92 Å². The van der Waals surface area contributed by atoms with Crippen LogP contribution in [-0.2, 0) is 19.0 Å². The van der Waals surface area contributed by atoms with Crippen molar-refractivity contribution >= 4 is 44.8 Å². The maximum absolute atomic E-state index is 12.6. The van der Waals surface area contributed by atoms with Crippen molar-refractivity contribution in [1.82, 2.24) is 9.55 Å². The molecule has 0 radical (unpaired) electrons. The van der Waals surface area contributed by atoms with Crippen molar-refractivity contribution in [3.63, 3.8) is 0 Å². The second kappa shape index (κ2) is 13.1. The van der Waals surface area contributed by atoms with E-state index in [4.69, 9.17) is 19.2 Å². The molecule has 3 aromatic rings. The molecule has 5 rings (SSSR count). The van der Waals surface area contributed by atoms with E-state index in [0.29, 0.717) is 6.42 Å². The molecule has 0 amide bonds. The van der Waals surface area contributed by atoms with Gasteiger partial charge in [0.15, 0.2) is 0 Å². The lowest BCUT2D eigenvalue weighted by molar-refractivity contribution is -0.170. The van der Waals surface area contributed by atoms with Gasteiger partial charge >= 0.3 is 12.1 Å². The number of rotatable bonds is 7. The van der Waals surface area contributed by atoms with Gasteiger partial charge in [0.25, 0.3) is 0 Å². The topological polar surface area (TPSA) is 82.9 Å². The molecule has 0 spiro atoms. The zero-order chi connectivity index (χ0) is 30.0. The number of nitrogens with zero attached hydrogens (tertiary/aromatic N) is 3. The Morgan fingerprint density at radius 1 is 0.952 bits per heavy atom. The Balaban J connectivity index is 1.20.